The van der Waals surface area contributed by atoms with E-state index in [2.05, 4.69) is 5.32 Å². The molecule has 6 nitrogen and oxygen atoms in total. The summed E-state index contributed by atoms with van der Waals surface area (Å²) in [7, 11) is 1.52. The van der Waals surface area contributed by atoms with Crippen LogP contribution < -0.4 is 10.1 Å². The van der Waals surface area contributed by atoms with Crippen LogP contribution in [0.1, 0.15) is 68.8 Å². The minimum absolute atomic E-state index is 0.00884. The van der Waals surface area contributed by atoms with Crippen LogP contribution >= 0.6 is 0 Å². The first-order chi connectivity index (χ1) is 17.8. The smallest absolute Gasteiger partial charge is 0.421 e. The second-order valence-corrected chi connectivity index (χ2v) is 11.1. The average Bonchev–Trinajstić information content (AvgIpc) is 2.86. The zero-order valence-corrected chi connectivity index (χ0v) is 22.7. The molecule has 2 heterocycles. The number of fused-ring (bicyclic) bond motifs is 1. The van der Waals surface area contributed by atoms with Crippen LogP contribution in [0.15, 0.2) is 42.5 Å². The topological polar surface area (TPSA) is 60.0 Å². The Bertz CT molecular complexity index is 1130. The number of likely N-dealkylation sites (tertiary alicyclic amines) is 1. The van der Waals surface area contributed by atoms with Gasteiger partial charge in [-0.1, -0.05) is 30.3 Å². The lowest BCUT2D eigenvalue weighted by atomic mass is 9.85. The summed E-state index contributed by atoms with van der Waals surface area (Å²) in [5.41, 5.74) is -0.755. The van der Waals surface area contributed by atoms with E-state index < -0.39 is 17.4 Å². The number of nitrogens with zero attached hydrogens (tertiary/aromatic N) is 1. The largest absolute Gasteiger partial charge is 0.496 e. The molecule has 1 unspecified atom stereocenters. The fraction of sp³-hybridized carbons (Fsp3) is 0.552. The first kappa shape index (κ1) is 28.2. The Morgan fingerprint density at radius 2 is 1.89 bits per heavy atom. The third kappa shape index (κ3) is 5.78. The van der Waals surface area contributed by atoms with E-state index in [9.17, 15) is 18.0 Å². The molecule has 9 heteroatoms. The van der Waals surface area contributed by atoms with Crippen molar-refractivity contribution in [2.75, 3.05) is 20.3 Å². The normalized spacial score (nSPS) is 24.1. The van der Waals surface area contributed by atoms with E-state index in [1.165, 1.54) is 7.11 Å². The van der Waals surface area contributed by atoms with Crippen LogP contribution in [0.4, 0.5) is 18.0 Å². The van der Waals surface area contributed by atoms with Gasteiger partial charge in [-0.15, -0.1) is 0 Å². The van der Waals surface area contributed by atoms with E-state index in [1.807, 2.05) is 51.1 Å². The predicted molar refractivity (Wildman–Crippen MR) is 138 cm³/mol. The first-order valence-corrected chi connectivity index (χ1v) is 13.0. The molecule has 2 aromatic rings. The van der Waals surface area contributed by atoms with Crippen molar-refractivity contribution < 1.29 is 32.2 Å². The number of halogens is 3. The molecule has 2 aliphatic rings. The van der Waals surface area contributed by atoms with Crippen LogP contribution in [0.25, 0.3) is 0 Å². The SMILES string of the molecule is COc1cc2c(cc1CN[C@H]1CCCN(C(=O)OC(C)(C)C)[C@H]1c1ccccc1)C(C)(C(F)(F)F)OCC2. The van der Waals surface area contributed by atoms with Crippen molar-refractivity contribution in [3.8, 4) is 5.75 Å². The number of hydrogen-bond donors (Lipinski definition) is 1. The maximum atomic E-state index is 14.0. The van der Waals surface area contributed by atoms with Crippen molar-refractivity contribution in [3.05, 3.63) is 64.7 Å². The van der Waals surface area contributed by atoms with Gasteiger partial charge in [-0.25, -0.2) is 4.79 Å². The molecule has 1 amide bonds. The van der Waals surface area contributed by atoms with E-state index in [0.29, 0.717) is 29.8 Å². The molecule has 0 aromatic heterocycles. The molecule has 3 atom stereocenters. The van der Waals surface area contributed by atoms with Gasteiger partial charge in [0, 0.05) is 24.7 Å². The van der Waals surface area contributed by atoms with Gasteiger partial charge in [0.05, 0.1) is 19.8 Å². The first-order valence-electron chi connectivity index (χ1n) is 13.0. The number of hydrogen-bond acceptors (Lipinski definition) is 5. The molecule has 2 aromatic carbocycles. The number of benzene rings is 2. The second-order valence-electron chi connectivity index (χ2n) is 11.1. The van der Waals surface area contributed by atoms with Gasteiger partial charge in [-0.05, 0) is 75.8 Å². The highest BCUT2D eigenvalue weighted by atomic mass is 19.4. The molecule has 0 radical (unpaired) electrons. The lowest BCUT2D eigenvalue weighted by Crippen LogP contribution is -2.51. The molecule has 2 aliphatic heterocycles. The Kier molecular flexibility index (Phi) is 8.00. The summed E-state index contributed by atoms with van der Waals surface area (Å²) < 4.78 is 58.7. The maximum Gasteiger partial charge on any atom is 0.421 e. The Labute approximate surface area is 222 Å². The minimum atomic E-state index is -4.56. The maximum absolute atomic E-state index is 14.0. The monoisotopic (exact) mass is 534 g/mol. The molecule has 0 saturated carbocycles. The molecule has 0 bridgehead atoms. The molecule has 0 spiro atoms. The standard InChI is InChI=1S/C29H37F3N2O4/c1-27(2,3)38-26(35)34-14-9-12-23(25(34)19-10-7-6-8-11-19)33-18-21-16-22-20(17-24(21)36-5)13-15-37-28(22,4)29(30,31)32/h6-8,10-11,16-17,23,25,33H,9,12-15,18H2,1-5H3/t23-,25-,28?/m0/s1. The lowest BCUT2D eigenvalue weighted by Gasteiger charge is -2.42. The summed E-state index contributed by atoms with van der Waals surface area (Å²) in [5.74, 6) is 0.527. The van der Waals surface area contributed by atoms with Gasteiger partial charge in [0.2, 0.25) is 0 Å². The van der Waals surface area contributed by atoms with Gasteiger partial charge < -0.3 is 19.5 Å². The summed E-state index contributed by atoms with van der Waals surface area (Å²) in [6.45, 7) is 7.40. The number of rotatable bonds is 5. The van der Waals surface area contributed by atoms with E-state index in [4.69, 9.17) is 14.2 Å². The fourth-order valence-electron chi connectivity index (χ4n) is 5.36. The van der Waals surface area contributed by atoms with Gasteiger partial charge in [0.1, 0.15) is 11.4 Å². The number of alkyl halides is 3. The number of carbonyl (C=O) groups is 1. The molecule has 208 valence electrons. The Hall–Kier alpha value is -2.78. The van der Waals surface area contributed by atoms with E-state index in [0.717, 1.165) is 25.3 Å². The van der Waals surface area contributed by atoms with Crippen molar-refractivity contribution in [3.63, 3.8) is 0 Å². The number of carbonyl (C=O) groups excluding carboxylic acids is 1. The molecule has 38 heavy (non-hydrogen) atoms. The molecule has 4 rings (SSSR count). The third-order valence-corrected chi connectivity index (χ3v) is 7.28. The fourth-order valence-corrected chi connectivity index (χ4v) is 5.36. The van der Waals surface area contributed by atoms with Crippen LogP contribution in [0.3, 0.4) is 0 Å². The van der Waals surface area contributed by atoms with Crippen LogP contribution in [0.5, 0.6) is 5.75 Å². The Morgan fingerprint density at radius 3 is 2.53 bits per heavy atom. The van der Waals surface area contributed by atoms with Crippen molar-refractivity contribution in [1.82, 2.24) is 10.2 Å². The van der Waals surface area contributed by atoms with Crippen LogP contribution in [-0.2, 0) is 28.0 Å². The molecule has 1 N–H and O–H groups in total. The Balaban J connectivity index is 1.64. The van der Waals surface area contributed by atoms with Gasteiger partial charge in [-0.2, -0.15) is 13.2 Å². The molecule has 1 saturated heterocycles. The van der Waals surface area contributed by atoms with Crippen LogP contribution in [0, 0.1) is 0 Å². The molecule has 1 fully saturated rings. The summed E-state index contributed by atoms with van der Waals surface area (Å²) in [6.07, 6.45) is -3.01. The van der Waals surface area contributed by atoms with Crippen molar-refractivity contribution in [2.45, 2.75) is 83.0 Å². The minimum Gasteiger partial charge on any atom is -0.496 e. The average molecular weight is 535 g/mol. The van der Waals surface area contributed by atoms with Gasteiger partial charge >= 0.3 is 12.3 Å². The molecular formula is C29H37F3N2O4. The number of methoxy groups -OCH3 is 1. The molecular weight excluding hydrogens is 497 g/mol. The summed E-state index contributed by atoms with van der Waals surface area (Å²) in [5, 5.41) is 3.53. The lowest BCUT2D eigenvalue weighted by molar-refractivity contribution is -0.281. The van der Waals surface area contributed by atoms with Crippen molar-refractivity contribution in [1.29, 1.82) is 0 Å². The van der Waals surface area contributed by atoms with Gasteiger partial charge in [0.25, 0.3) is 0 Å². The summed E-state index contributed by atoms with van der Waals surface area (Å²) in [4.78, 5) is 14.9. The number of nitrogens with one attached hydrogen (secondary N) is 1. The highest BCUT2D eigenvalue weighted by molar-refractivity contribution is 5.69. The zero-order chi connectivity index (χ0) is 27.7. The highest BCUT2D eigenvalue weighted by Crippen LogP contribution is 2.47. The second kappa shape index (κ2) is 10.8. The van der Waals surface area contributed by atoms with Crippen LogP contribution in [-0.4, -0.2) is 49.1 Å². The van der Waals surface area contributed by atoms with E-state index in [-0.39, 0.29) is 36.9 Å². The van der Waals surface area contributed by atoms with E-state index in [1.54, 1.807) is 17.0 Å². The zero-order valence-electron chi connectivity index (χ0n) is 22.7. The molecule has 0 aliphatic carbocycles. The summed E-state index contributed by atoms with van der Waals surface area (Å²) >= 11 is 0. The number of ether oxygens (including phenoxy) is 3. The van der Waals surface area contributed by atoms with Gasteiger partial charge in [-0.3, -0.25) is 4.90 Å². The number of piperidine rings is 1. The van der Waals surface area contributed by atoms with Gasteiger partial charge in [0.15, 0.2) is 5.60 Å². The number of amides is 1. The van der Waals surface area contributed by atoms with E-state index >= 15 is 0 Å². The van der Waals surface area contributed by atoms with Crippen molar-refractivity contribution >= 4 is 6.09 Å². The highest BCUT2D eigenvalue weighted by Gasteiger charge is 2.56. The van der Waals surface area contributed by atoms with Crippen LogP contribution in [0.2, 0.25) is 0 Å². The predicted octanol–water partition coefficient (Wildman–Crippen LogP) is 6.28. The quantitative estimate of drug-likeness (QED) is 0.490. The Morgan fingerprint density at radius 1 is 1.18 bits per heavy atom. The van der Waals surface area contributed by atoms with Crippen molar-refractivity contribution in [2.24, 2.45) is 0 Å². The third-order valence-electron chi connectivity index (χ3n) is 7.28. The summed E-state index contributed by atoms with van der Waals surface area (Å²) in [6, 6.07) is 12.5.